The summed E-state index contributed by atoms with van der Waals surface area (Å²) in [6, 6.07) is 3.71. The first-order valence-electron chi connectivity index (χ1n) is 5.13. The largest absolute Gasteiger partial charge is 0.358 e. The summed E-state index contributed by atoms with van der Waals surface area (Å²) < 4.78 is 0. The van der Waals surface area contributed by atoms with Gasteiger partial charge in [0.15, 0.2) is 0 Å². The van der Waals surface area contributed by atoms with Crippen molar-refractivity contribution in [2.45, 2.75) is 6.42 Å². The minimum absolute atomic E-state index is 0.347. The van der Waals surface area contributed by atoms with Gasteiger partial charge in [-0.25, -0.2) is 4.98 Å². The molecule has 0 aliphatic rings. The van der Waals surface area contributed by atoms with Gasteiger partial charge in [-0.15, -0.1) is 0 Å². The number of nitrogens with zero attached hydrogens (tertiary/aromatic N) is 2. The fourth-order valence-corrected chi connectivity index (χ4v) is 1.32. The Labute approximate surface area is 95.3 Å². The fraction of sp³-hybridized carbons (Fsp3) is 0.364. The molecule has 1 heterocycles. The first-order valence-corrected chi connectivity index (χ1v) is 5.13. The van der Waals surface area contributed by atoms with Crippen molar-refractivity contribution in [1.29, 1.82) is 10.8 Å². The zero-order chi connectivity index (χ0) is 12.0. The molecule has 0 aliphatic heterocycles. The van der Waals surface area contributed by atoms with E-state index in [0.29, 0.717) is 18.7 Å². The van der Waals surface area contributed by atoms with Gasteiger partial charge in [0.05, 0.1) is 0 Å². The first kappa shape index (κ1) is 12.3. The molecule has 5 nitrogen and oxygen atoms in total. The van der Waals surface area contributed by atoms with Gasteiger partial charge in [-0.1, -0.05) is 0 Å². The molecule has 0 bridgehead atoms. The van der Waals surface area contributed by atoms with Crippen LogP contribution in [-0.4, -0.2) is 37.0 Å². The minimum atomic E-state index is 0.347. The van der Waals surface area contributed by atoms with E-state index in [2.05, 4.69) is 4.98 Å². The maximum Gasteiger partial charge on any atom is 0.128 e. The van der Waals surface area contributed by atoms with Gasteiger partial charge in [0.25, 0.3) is 0 Å². The smallest absolute Gasteiger partial charge is 0.128 e. The number of rotatable bonds is 6. The van der Waals surface area contributed by atoms with E-state index in [1.807, 2.05) is 24.1 Å². The molecule has 1 aromatic rings. The summed E-state index contributed by atoms with van der Waals surface area (Å²) in [5.74, 6) is 0.844. The lowest BCUT2D eigenvalue weighted by Gasteiger charge is -2.16. The second kappa shape index (κ2) is 5.97. The molecule has 0 aliphatic carbocycles. The number of hydrogen-bond donors (Lipinski definition) is 3. The van der Waals surface area contributed by atoms with Gasteiger partial charge in [0.1, 0.15) is 5.82 Å². The molecular formula is C11H17N5. The van der Waals surface area contributed by atoms with Crippen molar-refractivity contribution in [3.63, 3.8) is 0 Å². The molecule has 0 amide bonds. The third-order valence-electron chi connectivity index (χ3n) is 2.26. The molecule has 0 saturated heterocycles. The number of hydrogen-bond acceptors (Lipinski definition) is 5. The van der Waals surface area contributed by atoms with E-state index in [1.165, 1.54) is 6.21 Å². The predicted octanol–water partition coefficient (Wildman–Crippen LogP) is 0.884. The summed E-state index contributed by atoms with van der Waals surface area (Å²) in [6.07, 6.45) is 3.23. The van der Waals surface area contributed by atoms with Crippen LogP contribution < -0.4 is 10.6 Å². The van der Waals surface area contributed by atoms with Crippen LogP contribution in [0.15, 0.2) is 18.3 Å². The Morgan fingerprint density at radius 3 is 2.81 bits per heavy atom. The third kappa shape index (κ3) is 3.13. The normalized spacial score (nSPS) is 9.88. The highest BCUT2D eigenvalue weighted by molar-refractivity contribution is 6.04. The third-order valence-corrected chi connectivity index (χ3v) is 2.26. The molecule has 4 N–H and O–H groups in total. The lowest BCUT2D eigenvalue weighted by molar-refractivity contribution is 0.868. The number of aromatic nitrogens is 1. The van der Waals surface area contributed by atoms with Crippen LogP contribution in [0.2, 0.25) is 0 Å². The molecule has 1 aromatic heterocycles. The topological polar surface area (TPSA) is 89.9 Å². The summed E-state index contributed by atoms with van der Waals surface area (Å²) in [7, 11) is 1.93. The Kier molecular flexibility index (Phi) is 4.60. The van der Waals surface area contributed by atoms with Crippen LogP contribution in [0.3, 0.4) is 0 Å². The standard InChI is InChI=1S/C11H17N5/c1-16(7-6-13)11-3-2-9(8-15-11)10(14)4-5-12/h2-3,5,8,12,14H,4,6-7,13H2,1H3. The highest BCUT2D eigenvalue weighted by Crippen LogP contribution is 2.10. The molecule has 0 fully saturated rings. The quantitative estimate of drug-likeness (QED) is 0.620. The Morgan fingerprint density at radius 1 is 1.56 bits per heavy atom. The van der Waals surface area contributed by atoms with Crippen LogP contribution in [0.5, 0.6) is 0 Å². The summed E-state index contributed by atoms with van der Waals surface area (Å²) >= 11 is 0. The zero-order valence-corrected chi connectivity index (χ0v) is 9.40. The van der Waals surface area contributed by atoms with E-state index >= 15 is 0 Å². The van der Waals surface area contributed by atoms with Crippen molar-refractivity contribution < 1.29 is 0 Å². The van der Waals surface area contributed by atoms with Crippen LogP contribution in [0.25, 0.3) is 0 Å². The van der Waals surface area contributed by atoms with Crippen molar-refractivity contribution in [2.75, 3.05) is 25.0 Å². The summed E-state index contributed by atoms with van der Waals surface area (Å²) in [5.41, 5.74) is 6.63. The lowest BCUT2D eigenvalue weighted by Crippen LogP contribution is -2.25. The monoisotopic (exact) mass is 219 g/mol. The molecule has 0 saturated carbocycles. The van der Waals surface area contributed by atoms with Crippen molar-refractivity contribution >= 4 is 17.7 Å². The van der Waals surface area contributed by atoms with Gasteiger partial charge in [0.2, 0.25) is 0 Å². The van der Waals surface area contributed by atoms with Crippen LogP contribution in [0.1, 0.15) is 12.0 Å². The van der Waals surface area contributed by atoms with Crippen molar-refractivity contribution in [1.82, 2.24) is 4.98 Å². The van der Waals surface area contributed by atoms with Crippen LogP contribution in [0, 0.1) is 10.8 Å². The maximum absolute atomic E-state index is 7.66. The van der Waals surface area contributed by atoms with Gasteiger partial charge < -0.3 is 21.5 Å². The van der Waals surface area contributed by atoms with Crippen molar-refractivity contribution in [3.8, 4) is 0 Å². The number of nitrogens with two attached hydrogens (primary N) is 1. The van der Waals surface area contributed by atoms with Crippen LogP contribution in [-0.2, 0) is 0 Å². The molecular weight excluding hydrogens is 202 g/mol. The Balaban J connectivity index is 2.74. The van der Waals surface area contributed by atoms with Gasteiger partial charge in [-0.2, -0.15) is 0 Å². The van der Waals surface area contributed by atoms with Crippen molar-refractivity contribution in [3.05, 3.63) is 23.9 Å². The lowest BCUT2D eigenvalue weighted by atomic mass is 10.1. The molecule has 0 atom stereocenters. The minimum Gasteiger partial charge on any atom is -0.358 e. The predicted molar refractivity (Wildman–Crippen MR) is 66.8 cm³/mol. The summed E-state index contributed by atoms with van der Waals surface area (Å²) in [5, 5.41) is 14.6. The summed E-state index contributed by atoms with van der Waals surface area (Å²) in [6.45, 7) is 1.34. The molecule has 0 aromatic carbocycles. The Bertz CT molecular complexity index is 357. The van der Waals surface area contributed by atoms with E-state index in [4.69, 9.17) is 16.6 Å². The number of anilines is 1. The van der Waals surface area contributed by atoms with Gasteiger partial charge >= 0.3 is 0 Å². The molecule has 5 heteroatoms. The highest BCUT2D eigenvalue weighted by atomic mass is 15.2. The summed E-state index contributed by atoms with van der Waals surface area (Å²) in [4.78, 5) is 6.22. The van der Waals surface area contributed by atoms with Gasteiger partial charge in [-0.05, 0) is 12.1 Å². The molecule has 0 unspecified atom stereocenters. The fourth-order valence-electron chi connectivity index (χ4n) is 1.32. The van der Waals surface area contributed by atoms with E-state index in [0.717, 1.165) is 17.9 Å². The van der Waals surface area contributed by atoms with E-state index in [1.54, 1.807) is 6.20 Å². The van der Waals surface area contributed by atoms with Crippen LogP contribution >= 0.6 is 0 Å². The Morgan fingerprint density at radius 2 is 2.31 bits per heavy atom. The highest BCUT2D eigenvalue weighted by Gasteiger charge is 2.03. The molecule has 16 heavy (non-hydrogen) atoms. The average Bonchev–Trinajstić information content (AvgIpc) is 2.30. The van der Waals surface area contributed by atoms with E-state index in [-0.39, 0.29) is 0 Å². The molecule has 0 radical (unpaired) electrons. The second-order valence-electron chi connectivity index (χ2n) is 3.50. The Hall–Kier alpha value is -1.75. The van der Waals surface area contributed by atoms with Gasteiger partial charge in [-0.3, -0.25) is 0 Å². The second-order valence-corrected chi connectivity index (χ2v) is 3.50. The molecule has 0 spiro atoms. The average molecular weight is 219 g/mol. The SMILES string of the molecule is CN(CCN)c1ccc(C(=N)CC=N)cn1. The van der Waals surface area contributed by atoms with Crippen molar-refractivity contribution in [2.24, 2.45) is 5.73 Å². The molecule has 1 rings (SSSR count). The first-order chi connectivity index (χ1) is 7.69. The van der Waals surface area contributed by atoms with E-state index in [9.17, 15) is 0 Å². The van der Waals surface area contributed by atoms with Gasteiger partial charge in [0, 0.05) is 50.2 Å². The number of pyridine rings is 1. The maximum atomic E-state index is 7.66. The molecule has 86 valence electrons. The number of likely N-dealkylation sites (N-methyl/N-ethyl adjacent to an activating group) is 1. The number of nitrogens with one attached hydrogen (secondary N) is 2. The van der Waals surface area contributed by atoms with E-state index < -0.39 is 0 Å². The van der Waals surface area contributed by atoms with Crippen LogP contribution in [0.4, 0.5) is 5.82 Å². The zero-order valence-electron chi connectivity index (χ0n) is 9.40.